The van der Waals surface area contributed by atoms with Crippen LogP contribution in [0.15, 0.2) is 128 Å². The Bertz CT molecular complexity index is 2220. The van der Waals surface area contributed by atoms with E-state index in [1.54, 1.807) is 6.20 Å². The van der Waals surface area contributed by atoms with Crippen LogP contribution in [-0.2, 0) is 0 Å². The molecular formula is C35H21N5. The van der Waals surface area contributed by atoms with Crippen LogP contribution in [0.4, 0.5) is 0 Å². The highest BCUT2D eigenvalue weighted by Crippen LogP contribution is 2.30. The normalized spacial score (nSPS) is 11.5. The predicted octanol–water partition coefficient (Wildman–Crippen LogP) is 8.28. The molecule has 0 atom stereocenters. The average molecular weight is 512 g/mol. The monoisotopic (exact) mass is 511 g/mol. The van der Waals surface area contributed by atoms with Crippen molar-refractivity contribution < 1.29 is 0 Å². The summed E-state index contributed by atoms with van der Waals surface area (Å²) in [7, 11) is 0. The molecule has 0 fully saturated rings. The molecule has 8 rings (SSSR count). The summed E-state index contributed by atoms with van der Waals surface area (Å²) >= 11 is 0. The topological polar surface area (TPSA) is 64.5 Å². The van der Waals surface area contributed by atoms with Gasteiger partial charge in [-0.2, -0.15) is 0 Å². The molecule has 0 radical (unpaired) electrons. The van der Waals surface area contributed by atoms with Gasteiger partial charge in [0.1, 0.15) is 0 Å². The Labute approximate surface area is 229 Å². The van der Waals surface area contributed by atoms with Crippen LogP contribution in [0.1, 0.15) is 0 Å². The minimum absolute atomic E-state index is 0.854. The molecule has 186 valence electrons. The van der Waals surface area contributed by atoms with Gasteiger partial charge in [-0.3, -0.25) is 9.97 Å². The van der Waals surface area contributed by atoms with Gasteiger partial charge in [0, 0.05) is 45.1 Å². The Kier molecular flexibility index (Phi) is 5.07. The van der Waals surface area contributed by atoms with Crippen LogP contribution < -0.4 is 0 Å². The van der Waals surface area contributed by atoms with Crippen molar-refractivity contribution in [1.82, 2.24) is 24.9 Å². The van der Waals surface area contributed by atoms with Gasteiger partial charge in [-0.1, -0.05) is 66.7 Å². The third kappa shape index (κ3) is 3.84. The van der Waals surface area contributed by atoms with E-state index in [0.29, 0.717) is 0 Å². The molecular weight excluding hydrogens is 490 g/mol. The van der Waals surface area contributed by atoms with E-state index in [2.05, 4.69) is 94.9 Å². The van der Waals surface area contributed by atoms with Crippen molar-refractivity contribution in [2.75, 3.05) is 0 Å². The van der Waals surface area contributed by atoms with Crippen LogP contribution in [0.5, 0.6) is 0 Å². The van der Waals surface area contributed by atoms with Crippen molar-refractivity contribution in [1.29, 1.82) is 0 Å². The molecule has 0 saturated heterocycles. The molecule has 5 heteroatoms. The van der Waals surface area contributed by atoms with Gasteiger partial charge in [-0.25, -0.2) is 15.0 Å². The third-order valence-electron chi connectivity index (χ3n) is 7.34. The Morgan fingerprint density at radius 3 is 1.65 bits per heavy atom. The zero-order chi connectivity index (χ0) is 26.5. The van der Waals surface area contributed by atoms with Crippen LogP contribution in [0.2, 0.25) is 0 Å². The molecule has 0 spiro atoms. The van der Waals surface area contributed by atoms with Gasteiger partial charge in [0.25, 0.3) is 0 Å². The van der Waals surface area contributed by atoms with Crippen molar-refractivity contribution in [2.24, 2.45) is 0 Å². The van der Waals surface area contributed by atoms with Gasteiger partial charge in [0.05, 0.1) is 44.8 Å². The maximum Gasteiger partial charge on any atom is 0.0972 e. The zero-order valence-corrected chi connectivity index (χ0v) is 21.4. The maximum atomic E-state index is 5.05. The molecule has 0 aliphatic rings. The minimum Gasteiger partial charge on any atom is -0.255 e. The Morgan fingerprint density at radius 2 is 0.925 bits per heavy atom. The second-order valence-electron chi connectivity index (χ2n) is 9.83. The number of pyridine rings is 5. The van der Waals surface area contributed by atoms with Crippen molar-refractivity contribution in [2.45, 2.75) is 0 Å². The van der Waals surface area contributed by atoms with E-state index >= 15 is 0 Å². The van der Waals surface area contributed by atoms with Gasteiger partial charge in [-0.05, 0) is 48.5 Å². The van der Waals surface area contributed by atoms with E-state index in [1.165, 1.54) is 0 Å². The fourth-order valence-electron chi connectivity index (χ4n) is 5.26. The Balaban J connectivity index is 1.21. The van der Waals surface area contributed by atoms with Crippen molar-refractivity contribution in [3.05, 3.63) is 128 Å². The number of hydrogen-bond donors (Lipinski definition) is 0. The second-order valence-corrected chi connectivity index (χ2v) is 9.83. The molecule has 5 heterocycles. The standard InChI is InChI=1S/C35H21N5/c1-2-18-36-30(5-1)31-17-13-23-6-10-26(20-33(23)39-31)28-15-12-22-7-11-27(21-32(22)38-28)29-16-14-25-9-8-24-4-3-19-37-34(24)35(25)40-29/h1-21H. The van der Waals surface area contributed by atoms with Gasteiger partial charge < -0.3 is 0 Å². The summed E-state index contributed by atoms with van der Waals surface area (Å²) in [5, 5.41) is 4.32. The number of benzene rings is 3. The number of hydrogen-bond acceptors (Lipinski definition) is 5. The average Bonchev–Trinajstić information content (AvgIpc) is 3.04. The molecule has 0 aliphatic heterocycles. The molecule has 3 aromatic carbocycles. The number of nitrogens with zero attached hydrogens (tertiary/aromatic N) is 5. The first-order chi connectivity index (χ1) is 19.8. The molecule has 40 heavy (non-hydrogen) atoms. The fourth-order valence-corrected chi connectivity index (χ4v) is 5.26. The summed E-state index contributed by atoms with van der Waals surface area (Å²) < 4.78 is 0. The molecule has 8 aromatic rings. The largest absolute Gasteiger partial charge is 0.255 e. The van der Waals surface area contributed by atoms with Crippen molar-refractivity contribution in [3.8, 4) is 33.9 Å². The maximum absolute atomic E-state index is 5.05. The molecule has 5 aromatic heterocycles. The van der Waals surface area contributed by atoms with Crippen LogP contribution in [0.3, 0.4) is 0 Å². The quantitative estimate of drug-likeness (QED) is 0.223. The van der Waals surface area contributed by atoms with Crippen LogP contribution in [0, 0.1) is 0 Å². The molecule has 0 saturated carbocycles. The Hall–Kier alpha value is -5.55. The van der Waals surface area contributed by atoms with E-state index < -0.39 is 0 Å². The van der Waals surface area contributed by atoms with Gasteiger partial charge in [0.2, 0.25) is 0 Å². The zero-order valence-electron chi connectivity index (χ0n) is 21.4. The van der Waals surface area contributed by atoms with Crippen LogP contribution in [0.25, 0.3) is 77.5 Å². The SMILES string of the molecule is c1ccc(-c2ccc3ccc(-c4ccc5ccc(-c6ccc7ccc8cccnc8c7n6)cc5n4)cc3n2)nc1. The lowest BCUT2D eigenvalue weighted by Gasteiger charge is -2.09. The lowest BCUT2D eigenvalue weighted by molar-refractivity contribution is 1.28. The summed E-state index contributed by atoms with van der Waals surface area (Å²) in [5.74, 6) is 0. The molecule has 5 nitrogen and oxygen atoms in total. The predicted molar refractivity (Wildman–Crippen MR) is 162 cm³/mol. The van der Waals surface area contributed by atoms with E-state index in [1.807, 2.05) is 36.5 Å². The number of rotatable bonds is 3. The molecule has 0 N–H and O–H groups in total. The lowest BCUT2D eigenvalue weighted by atomic mass is 10.0. The van der Waals surface area contributed by atoms with Crippen LogP contribution >= 0.6 is 0 Å². The highest BCUT2D eigenvalue weighted by molar-refractivity contribution is 6.03. The van der Waals surface area contributed by atoms with E-state index in [9.17, 15) is 0 Å². The van der Waals surface area contributed by atoms with E-state index in [0.717, 1.165) is 77.5 Å². The second kappa shape index (κ2) is 9.03. The molecule has 0 unspecified atom stereocenters. The minimum atomic E-state index is 0.854. The van der Waals surface area contributed by atoms with Crippen LogP contribution in [-0.4, -0.2) is 24.9 Å². The van der Waals surface area contributed by atoms with Gasteiger partial charge in [0.15, 0.2) is 0 Å². The molecule has 0 aliphatic carbocycles. The number of fused-ring (bicyclic) bond motifs is 5. The molecule has 0 amide bonds. The summed E-state index contributed by atoms with van der Waals surface area (Å²) in [5.41, 5.74) is 9.21. The lowest BCUT2D eigenvalue weighted by Crippen LogP contribution is -1.91. The summed E-state index contributed by atoms with van der Waals surface area (Å²) in [6.45, 7) is 0. The van der Waals surface area contributed by atoms with E-state index in [-0.39, 0.29) is 0 Å². The highest BCUT2D eigenvalue weighted by Gasteiger charge is 2.10. The third-order valence-corrected chi connectivity index (χ3v) is 7.34. The first kappa shape index (κ1) is 22.4. The van der Waals surface area contributed by atoms with Crippen molar-refractivity contribution >= 4 is 43.6 Å². The first-order valence-electron chi connectivity index (χ1n) is 13.2. The highest BCUT2D eigenvalue weighted by atomic mass is 14.8. The summed E-state index contributed by atoms with van der Waals surface area (Å²) in [6.07, 6.45) is 3.61. The van der Waals surface area contributed by atoms with Crippen molar-refractivity contribution in [3.63, 3.8) is 0 Å². The fraction of sp³-hybridized carbons (Fsp3) is 0. The smallest absolute Gasteiger partial charge is 0.0972 e. The summed E-state index contributed by atoms with van der Waals surface area (Å²) in [4.78, 5) is 24.0. The van der Waals surface area contributed by atoms with E-state index in [4.69, 9.17) is 15.0 Å². The van der Waals surface area contributed by atoms with Gasteiger partial charge in [-0.15, -0.1) is 0 Å². The molecule has 0 bridgehead atoms. The van der Waals surface area contributed by atoms with Gasteiger partial charge >= 0.3 is 0 Å². The Morgan fingerprint density at radius 1 is 0.350 bits per heavy atom. The first-order valence-corrected chi connectivity index (χ1v) is 13.2. The summed E-state index contributed by atoms with van der Waals surface area (Å²) in [6, 6.07) is 39.2. The number of aromatic nitrogens is 5.